The van der Waals surface area contributed by atoms with Crippen LogP contribution in [0.2, 0.25) is 0 Å². The number of aliphatic hydroxyl groups is 1. The smallest absolute Gasteiger partial charge is 0.184 e. The van der Waals surface area contributed by atoms with Crippen molar-refractivity contribution in [2.75, 3.05) is 20.8 Å². The van der Waals surface area contributed by atoms with Gasteiger partial charge < -0.3 is 24.1 Å². The molecule has 2 aliphatic heterocycles. The van der Waals surface area contributed by atoms with Crippen molar-refractivity contribution in [2.45, 2.75) is 24.8 Å². The van der Waals surface area contributed by atoms with Crippen molar-refractivity contribution in [1.29, 1.82) is 0 Å². The molecule has 5 atom stereocenters. The van der Waals surface area contributed by atoms with Crippen LogP contribution in [0.25, 0.3) is 0 Å². The third-order valence-corrected chi connectivity index (χ3v) is 2.62. The Balaban J connectivity index is 2.07. The topological polar surface area (TPSA) is 57.2 Å². The number of methoxy groups -OCH3 is 2. The summed E-state index contributed by atoms with van der Waals surface area (Å²) in [6, 6.07) is 0. The zero-order chi connectivity index (χ0) is 9.42. The average molecular weight is 190 g/mol. The van der Waals surface area contributed by atoms with Crippen molar-refractivity contribution in [3.8, 4) is 0 Å². The molecule has 0 saturated carbocycles. The monoisotopic (exact) mass is 190 g/mol. The lowest BCUT2D eigenvalue weighted by Gasteiger charge is -2.19. The molecular weight excluding hydrogens is 176 g/mol. The highest BCUT2D eigenvalue weighted by atomic mass is 16.7. The molecule has 0 radical (unpaired) electrons. The van der Waals surface area contributed by atoms with Gasteiger partial charge in [0, 0.05) is 14.2 Å². The molecule has 2 saturated heterocycles. The van der Waals surface area contributed by atoms with E-state index in [9.17, 15) is 5.11 Å². The molecule has 2 aliphatic rings. The first-order valence-corrected chi connectivity index (χ1v) is 4.28. The molecule has 5 heteroatoms. The molecule has 76 valence electrons. The predicted molar refractivity (Wildman–Crippen MR) is 41.9 cm³/mol. The summed E-state index contributed by atoms with van der Waals surface area (Å²) in [5, 5.41) is 9.75. The molecular formula is C8H14O5. The highest BCUT2D eigenvalue weighted by Crippen LogP contribution is 2.36. The van der Waals surface area contributed by atoms with Crippen LogP contribution in [0.4, 0.5) is 0 Å². The number of rotatable bonds is 2. The van der Waals surface area contributed by atoms with E-state index in [1.54, 1.807) is 7.11 Å². The molecule has 0 bridgehead atoms. The van der Waals surface area contributed by atoms with Crippen molar-refractivity contribution in [1.82, 2.24) is 0 Å². The summed E-state index contributed by atoms with van der Waals surface area (Å²) >= 11 is 0. The Hall–Kier alpha value is -0.200. The van der Waals surface area contributed by atoms with E-state index in [0.717, 1.165) is 0 Å². The molecule has 13 heavy (non-hydrogen) atoms. The van der Waals surface area contributed by atoms with E-state index < -0.39 is 12.4 Å². The summed E-state index contributed by atoms with van der Waals surface area (Å²) in [6.45, 7) is 0.458. The number of fused-ring (bicyclic) bond motifs is 1. The van der Waals surface area contributed by atoms with Gasteiger partial charge in [-0.25, -0.2) is 0 Å². The van der Waals surface area contributed by atoms with Gasteiger partial charge >= 0.3 is 0 Å². The first kappa shape index (κ1) is 9.36. The molecule has 5 nitrogen and oxygen atoms in total. The first-order chi connectivity index (χ1) is 6.27. The minimum absolute atomic E-state index is 0.107. The fourth-order valence-electron chi connectivity index (χ4n) is 1.95. The second-order valence-electron chi connectivity index (χ2n) is 3.28. The van der Waals surface area contributed by atoms with Crippen LogP contribution in [0.5, 0.6) is 0 Å². The minimum atomic E-state index is -0.664. The lowest BCUT2D eigenvalue weighted by molar-refractivity contribution is -0.181. The first-order valence-electron chi connectivity index (χ1n) is 4.28. The van der Waals surface area contributed by atoms with Gasteiger partial charge in [0.1, 0.15) is 6.10 Å². The van der Waals surface area contributed by atoms with Crippen LogP contribution in [0.15, 0.2) is 0 Å². The summed E-state index contributed by atoms with van der Waals surface area (Å²) in [7, 11) is 3.07. The zero-order valence-electron chi connectivity index (χ0n) is 7.67. The molecule has 2 heterocycles. The third kappa shape index (κ3) is 1.37. The largest absolute Gasteiger partial charge is 0.387 e. The predicted octanol–water partition coefficient (Wildman–Crippen LogP) is -0.663. The maximum atomic E-state index is 9.75. The lowest BCUT2D eigenvalue weighted by atomic mass is 10.0. The molecule has 0 amide bonds. The van der Waals surface area contributed by atoms with E-state index in [4.69, 9.17) is 18.9 Å². The van der Waals surface area contributed by atoms with Gasteiger partial charge in [-0.2, -0.15) is 0 Å². The molecule has 0 aromatic carbocycles. The normalized spacial score (nSPS) is 49.6. The molecule has 0 aromatic rings. The number of aliphatic hydroxyl groups excluding tert-OH is 1. The summed E-state index contributed by atoms with van der Waals surface area (Å²) in [5.74, 6) is -0.130. The molecule has 0 unspecified atom stereocenters. The Morgan fingerprint density at radius 1 is 1.23 bits per heavy atom. The van der Waals surface area contributed by atoms with Crippen LogP contribution in [-0.4, -0.2) is 50.7 Å². The Kier molecular flexibility index (Phi) is 2.53. The molecule has 1 N–H and O–H groups in total. The van der Waals surface area contributed by atoms with Crippen molar-refractivity contribution >= 4 is 0 Å². The Morgan fingerprint density at radius 2 is 1.92 bits per heavy atom. The second-order valence-corrected chi connectivity index (χ2v) is 3.28. The van der Waals surface area contributed by atoms with Crippen molar-refractivity contribution in [3.05, 3.63) is 0 Å². The van der Waals surface area contributed by atoms with Crippen LogP contribution in [0.3, 0.4) is 0 Å². The van der Waals surface area contributed by atoms with E-state index in [0.29, 0.717) is 6.61 Å². The Labute approximate surface area is 76.5 Å². The quantitative estimate of drug-likeness (QED) is 0.626. The van der Waals surface area contributed by atoms with Crippen LogP contribution in [0, 0.1) is 5.92 Å². The number of ether oxygens (including phenoxy) is 4. The second kappa shape index (κ2) is 3.51. The van der Waals surface area contributed by atoms with Crippen molar-refractivity contribution in [2.24, 2.45) is 5.92 Å². The van der Waals surface area contributed by atoms with Crippen molar-refractivity contribution in [3.63, 3.8) is 0 Å². The number of hydrogen-bond acceptors (Lipinski definition) is 5. The van der Waals surface area contributed by atoms with E-state index >= 15 is 0 Å². The van der Waals surface area contributed by atoms with Gasteiger partial charge in [-0.15, -0.1) is 0 Å². The number of hydrogen-bond donors (Lipinski definition) is 1. The standard InChI is InChI=1S/C8H14O5/c1-10-7-5-4(3-12-7)13-8(11-2)6(5)9/h4-9H,3H2,1-2H3/t4-,5+,6+,7-,8+/m1/s1. The van der Waals surface area contributed by atoms with Gasteiger partial charge in [0.15, 0.2) is 12.6 Å². The van der Waals surface area contributed by atoms with E-state index in [1.807, 2.05) is 0 Å². The van der Waals surface area contributed by atoms with Crippen LogP contribution in [-0.2, 0) is 18.9 Å². The summed E-state index contributed by atoms with van der Waals surface area (Å²) < 4.78 is 20.7. The molecule has 2 fully saturated rings. The molecule has 0 spiro atoms. The van der Waals surface area contributed by atoms with E-state index in [2.05, 4.69) is 0 Å². The maximum absolute atomic E-state index is 9.75. The van der Waals surface area contributed by atoms with Crippen molar-refractivity contribution < 1.29 is 24.1 Å². The minimum Gasteiger partial charge on any atom is -0.387 e. The highest BCUT2D eigenvalue weighted by Gasteiger charge is 2.52. The summed E-state index contributed by atoms with van der Waals surface area (Å²) in [5.41, 5.74) is 0. The van der Waals surface area contributed by atoms with Gasteiger partial charge in [0.05, 0.1) is 18.6 Å². The van der Waals surface area contributed by atoms with E-state index in [-0.39, 0.29) is 18.3 Å². The summed E-state index contributed by atoms with van der Waals surface area (Å²) in [4.78, 5) is 0. The average Bonchev–Trinajstić information content (AvgIpc) is 2.66. The lowest BCUT2D eigenvalue weighted by Crippen LogP contribution is -2.34. The Bertz CT molecular complexity index is 185. The van der Waals surface area contributed by atoms with Gasteiger partial charge in [-0.3, -0.25) is 0 Å². The van der Waals surface area contributed by atoms with Crippen LogP contribution in [0.1, 0.15) is 0 Å². The van der Waals surface area contributed by atoms with Gasteiger partial charge in [0.2, 0.25) is 0 Å². The molecule has 0 aromatic heterocycles. The van der Waals surface area contributed by atoms with E-state index in [1.165, 1.54) is 7.11 Å². The zero-order valence-corrected chi connectivity index (χ0v) is 7.67. The van der Waals surface area contributed by atoms with Crippen LogP contribution < -0.4 is 0 Å². The fourth-order valence-corrected chi connectivity index (χ4v) is 1.95. The SMILES string of the molecule is CO[C@H]1O[C@@H]2CO[C@@H](OC)[C@@H]2[C@@H]1O. The third-order valence-electron chi connectivity index (χ3n) is 2.62. The van der Waals surface area contributed by atoms with Gasteiger partial charge in [0.25, 0.3) is 0 Å². The fraction of sp³-hybridized carbons (Fsp3) is 1.00. The highest BCUT2D eigenvalue weighted by molar-refractivity contribution is 4.92. The molecule has 2 rings (SSSR count). The van der Waals surface area contributed by atoms with Crippen LogP contribution >= 0.6 is 0 Å². The van der Waals surface area contributed by atoms with Gasteiger partial charge in [-0.1, -0.05) is 0 Å². The van der Waals surface area contributed by atoms with Gasteiger partial charge in [-0.05, 0) is 0 Å². The maximum Gasteiger partial charge on any atom is 0.184 e. The summed E-state index contributed by atoms with van der Waals surface area (Å²) in [6.07, 6.45) is -1.69. The molecule has 0 aliphatic carbocycles. The Morgan fingerprint density at radius 3 is 2.54 bits per heavy atom.